The molecule has 2 rings (SSSR count). The molecule has 0 saturated heterocycles. The zero-order chi connectivity index (χ0) is 13.8. The molecular formula is C11H8BrClFN3O2. The Bertz CT molecular complexity index is 580. The molecule has 0 saturated carbocycles. The van der Waals surface area contributed by atoms with Crippen molar-refractivity contribution in [2.45, 2.75) is 6.92 Å². The lowest BCUT2D eigenvalue weighted by Gasteiger charge is -2.06. The van der Waals surface area contributed by atoms with E-state index in [1.165, 1.54) is 12.1 Å². The maximum absolute atomic E-state index is 13.2. The molecule has 0 spiro atoms. The second-order valence-electron chi connectivity index (χ2n) is 3.31. The number of nitrogens with zero attached hydrogens (tertiary/aromatic N) is 3. The Hall–Kier alpha value is -1.47. The van der Waals surface area contributed by atoms with Crippen molar-refractivity contribution in [2.24, 2.45) is 0 Å². The molecule has 2 aromatic rings. The molecule has 0 N–H and O–H groups in total. The Kier molecular flexibility index (Phi) is 4.49. The molecule has 5 nitrogen and oxygen atoms in total. The molecule has 0 aliphatic carbocycles. The molecule has 8 heteroatoms. The molecule has 19 heavy (non-hydrogen) atoms. The molecule has 0 aliphatic rings. The highest BCUT2D eigenvalue weighted by molar-refractivity contribution is 9.10. The van der Waals surface area contributed by atoms with Gasteiger partial charge in [-0.15, -0.1) is 4.98 Å². The van der Waals surface area contributed by atoms with E-state index in [1.807, 2.05) is 0 Å². The van der Waals surface area contributed by atoms with Crippen molar-refractivity contribution < 1.29 is 13.9 Å². The van der Waals surface area contributed by atoms with Crippen LogP contribution >= 0.6 is 27.5 Å². The first kappa shape index (κ1) is 14.0. The van der Waals surface area contributed by atoms with Gasteiger partial charge in [-0.2, -0.15) is 9.97 Å². The molecule has 0 unspecified atom stereocenters. The second-order valence-corrected chi connectivity index (χ2v) is 4.56. The van der Waals surface area contributed by atoms with E-state index in [1.54, 1.807) is 13.0 Å². The van der Waals surface area contributed by atoms with E-state index in [9.17, 15) is 4.39 Å². The van der Waals surface area contributed by atoms with Crippen LogP contribution in [0.4, 0.5) is 4.39 Å². The van der Waals surface area contributed by atoms with E-state index < -0.39 is 5.82 Å². The summed E-state index contributed by atoms with van der Waals surface area (Å²) in [6, 6.07) is 4.05. The fraction of sp³-hybridized carbons (Fsp3) is 0.182. The van der Waals surface area contributed by atoms with Gasteiger partial charge in [-0.25, -0.2) is 4.39 Å². The predicted octanol–water partition coefficient (Wildman–Crippen LogP) is 3.62. The summed E-state index contributed by atoms with van der Waals surface area (Å²) in [5.74, 6) is -0.217. The minimum atomic E-state index is -0.449. The fourth-order valence-electron chi connectivity index (χ4n) is 1.25. The van der Waals surface area contributed by atoms with Gasteiger partial charge in [0.15, 0.2) is 0 Å². The summed E-state index contributed by atoms with van der Waals surface area (Å²) in [6.45, 7) is 2.16. The highest BCUT2D eigenvalue weighted by atomic mass is 79.9. The smallest absolute Gasteiger partial charge is 0.329 e. The summed E-state index contributed by atoms with van der Waals surface area (Å²) < 4.78 is 24.1. The molecule has 1 aromatic heterocycles. The molecule has 1 heterocycles. The third-order valence-electron chi connectivity index (χ3n) is 1.89. The molecule has 0 atom stereocenters. The van der Waals surface area contributed by atoms with Crippen LogP contribution in [0.2, 0.25) is 5.28 Å². The van der Waals surface area contributed by atoms with Gasteiger partial charge < -0.3 is 9.47 Å². The maximum Gasteiger partial charge on any atom is 0.329 e. The van der Waals surface area contributed by atoms with Crippen molar-refractivity contribution in [3.05, 3.63) is 33.8 Å². The van der Waals surface area contributed by atoms with Crippen molar-refractivity contribution in [2.75, 3.05) is 6.61 Å². The van der Waals surface area contributed by atoms with Crippen molar-refractivity contribution in [3.8, 4) is 17.8 Å². The largest absolute Gasteiger partial charge is 0.464 e. The zero-order valence-corrected chi connectivity index (χ0v) is 12.1. The number of aromatic nitrogens is 3. The summed E-state index contributed by atoms with van der Waals surface area (Å²) in [7, 11) is 0. The number of hydrogen-bond acceptors (Lipinski definition) is 5. The molecule has 0 bridgehead atoms. The zero-order valence-electron chi connectivity index (χ0n) is 9.73. The lowest BCUT2D eigenvalue weighted by molar-refractivity contribution is 0.303. The van der Waals surface area contributed by atoms with Gasteiger partial charge in [0.1, 0.15) is 11.6 Å². The fourth-order valence-corrected chi connectivity index (χ4v) is 1.84. The minimum absolute atomic E-state index is 0.0490. The van der Waals surface area contributed by atoms with E-state index in [0.29, 0.717) is 11.1 Å². The lowest BCUT2D eigenvalue weighted by atomic mass is 10.3. The number of rotatable bonds is 4. The predicted molar refractivity (Wildman–Crippen MR) is 70.2 cm³/mol. The Morgan fingerprint density at radius 3 is 2.63 bits per heavy atom. The van der Waals surface area contributed by atoms with Crippen molar-refractivity contribution in [1.82, 2.24) is 15.0 Å². The molecule has 100 valence electrons. The molecule has 1 aromatic carbocycles. The van der Waals surface area contributed by atoms with Crippen LogP contribution in [-0.4, -0.2) is 21.6 Å². The van der Waals surface area contributed by atoms with E-state index in [2.05, 4.69) is 30.9 Å². The van der Waals surface area contributed by atoms with Crippen LogP contribution in [0.5, 0.6) is 17.8 Å². The first-order valence-corrected chi connectivity index (χ1v) is 6.42. The summed E-state index contributed by atoms with van der Waals surface area (Å²) in [5, 5.41) is -0.0658. The first-order valence-electron chi connectivity index (χ1n) is 5.25. The topological polar surface area (TPSA) is 57.1 Å². The van der Waals surface area contributed by atoms with Crippen LogP contribution in [0.1, 0.15) is 6.92 Å². The molecule has 0 radical (unpaired) electrons. The average molecular weight is 349 g/mol. The van der Waals surface area contributed by atoms with Gasteiger partial charge in [0.05, 0.1) is 6.61 Å². The third kappa shape index (κ3) is 4.00. The van der Waals surface area contributed by atoms with Gasteiger partial charge in [0, 0.05) is 10.5 Å². The Balaban J connectivity index is 2.27. The summed E-state index contributed by atoms with van der Waals surface area (Å²) in [5.41, 5.74) is 0. The van der Waals surface area contributed by atoms with E-state index in [0.717, 1.165) is 0 Å². The van der Waals surface area contributed by atoms with Crippen LogP contribution in [-0.2, 0) is 0 Å². The first-order chi connectivity index (χ1) is 9.06. The standard InChI is InChI=1S/C11H8BrClFN3O2/c1-2-18-10-15-9(13)16-11(17-10)19-8-4-6(12)3-7(14)5-8/h3-5H,2H2,1H3. The number of benzene rings is 1. The average Bonchev–Trinajstić information content (AvgIpc) is 2.26. The lowest BCUT2D eigenvalue weighted by Crippen LogP contribution is -2.01. The quantitative estimate of drug-likeness (QED) is 0.844. The molecule has 0 fully saturated rings. The Labute approximate surface area is 121 Å². The molecule has 0 aliphatic heterocycles. The van der Waals surface area contributed by atoms with Crippen molar-refractivity contribution >= 4 is 27.5 Å². The van der Waals surface area contributed by atoms with Crippen LogP contribution in [0.25, 0.3) is 0 Å². The number of hydrogen-bond donors (Lipinski definition) is 0. The van der Waals surface area contributed by atoms with Crippen molar-refractivity contribution in [1.29, 1.82) is 0 Å². The van der Waals surface area contributed by atoms with Crippen LogP contribution in [0.3, 0.4) is 0 Å². The Morgan fingerprint density at radius 1 is 1.21 bits per heavy atom. The van der Waals surface area contributed by atoms with Gasteiger partial charge >= 0.3 is 12.0 Å². The van der Waals surface area contributed by atoms with Gasteiger partial charge in [-0.05, 0) is 30.7 Å². The van der Waals surface area contributed by atoms with E-state index in [-0.39, 0.29) is 23.1 Å². The maximum atomic E-state index is 13.2. The van der Waals surface area contributed by atoms with Crippen molar-refractivity contribution in [3.63, 3.8) is 0 Å². The SMILES string of the molecule is CCOc1nc(Cl)nc(Oc2cc(F)cc(Br)c2)n1. The molecular weight excluding hydrogens is 340 g/mol. The second kappa shape index (κ2) is 6.12. The van der Waals surface area contributed by atoms with E-state index in [4.69, 9.17) is 21.1 Å². The number of ether oxygens (including phenoxy) is 2. The normalized spacial score (nSPS) is 10.3. The Morgan fingerprint density at radius 2 is 1.95 bits per heavy atom. The van der Waals surface area contributed by atoms with Crippen LogP contribution in [0.15, 0.2) is 22.7 Å². The molecule has 0 amide bonds. The van der Waals surface area contributed by atoms with Gasteiger partial charge in [0.25, 0.3) is 0 Å². The van der Waals surface area contributed by atoms with Gasteiger partial charge in [-0.3, -0.25) is 0 Å². The van der Waals surface area contributed by atoms with Crippen LogP contribution < -0.4 is 9.47 Å². The third-order valence-corrected chi connectivity index (χ3v) is 2.51. The highest BCUT2D eigenvalue weighted by Gasteiger charge is 2.09. The minimum Gasteiger partial charge on any atom is -0.464 e. The van der Waals surface area contributed by atoms with E-state index >= 15 is 0 Å². The summed E-state index contributed by atoms with van der Waals surface area (Å²) in [4.78, 5) is 11.4. The summed E-state index contributed by atoms with van der Waals surface area (Å²) in [6.07, 6.45) is 0. The van der Waals surface area contributed by atoms with Gasteiger partial charge in [0.2, 0.25) is 5.28 Å². The summed E-state index contributed by atoms with van der Waals surface area (Å²) >= 11 is 8.87. The highest BCUT2D eigenvalue weighted by Crippen LogP contribution is 2.25. The number of halogens is 3. The van der Waals surface area contributed by atoms with Crippen LogP contribution in [0, 0.1) is 5.82 Å². The van der Waals surface area contributed by atoms with Gasteiger partial charge in [-0.1, -0.05) is 15.9 Å². The monoisotopic (exact) mass is 347 g/mol.